The molecule has 8 rings (SSSR count). The molecule has 2 saturated heterocycles. The number of urea groups is 1. The summed E-state index contributed by atoms with van der Waals surface area (Å²) >= 11 is 6.26. The van der Waals surface area contributed by atoms with Gasteiger partial charge in [0.15, 0.2) is 5.65 Å². The number of aliphatic hydroxyl groups excluding tert-OH is 1. The maximum atomic E-state index is 12.9. The van der Waals surface area contributed by atoms with Crippen molar-refractivity contribution in [3.63, 3.8) is 0 Å². The third-order valence-corrected chi connectivity index (χ3v) is 15.1. The van der Waals surface area contributed by atoms with E-state index in [2.05, 4.69) is 67.2 Å². The number of ether oxygens (including phenoxy) is 1. The summed E-state index contributed by atoms with van der Waals surface area (Å²) in [6.07, 6.45) is 11.8. The number of aromatic amines is 1. The fourth-order valence-electron chi connectivity index (χ4n) is 9.62. The van der Waals surface area contributed by atoms with Crippen molar-refractivity contribution in [1.29, 1.82) is 0 Å². The van der Waals surface area contributed by atoms with Gasteiger partial charge in [-0.3, -0.25) is 39.2 Å². The summed E-state index contributed by atoms with van der Waals surface area (Å²) in [7, 11) is 5.56. The summed E-state index contributed by atoms with van der Waals surface area (Å²) in [4.78, 5) is 101. The van der Waals surface area contributed by atoms with E-state index >= 15 is 0 Å². The van der Waals surface area contributed by atoms with Gasteiger partial charge in [-0.05, 0) is 156 Å². The van der Waals surface area contributed by atoms with E-state index in [9.17, 15) is 33.6 Å². The lowest BCUT2D eigenvalue weighted by Gasteiger charge is -2.29. The summed E-state index contributed by atoms with van der Waals surface area (Å²) in [6.45, 7) is 17.0. The highest BCUT2D eigenvalue weighted by molar-refractivity contribution is 7.59. The Morgan fingerprint density at radius 3 is 2.40 bits per heavy atom. The first-order valence-electron chi connectivity index (χ1n) is 28.5. The minimum atomic E-state index is -0.670. The van der Waals surface area contributed by atoms with Gasteiger partial charge in [0.25, 0.3) is 11.8 Å². The Kier molecular flexibility index (Phi) is 25.9. The molecule has 0 aliphatic carbocycles. The molecule has 5 heterocycles. The van der Waals surface area contributed by atoms with Crippen LogP contribution in [0.5, 0.6) is 0 Å². The SMILES string of the molecule is CC(C)(CCO)OCCc1cc(Cl)cc(NC(=O)NCc2ccc3c(c2)CN(C2CCC(=O)NC2=O)C3=O)c1.CC(C)CCN(C)C/C=C/C(=O)N1CCCCC1.Cc1c(CC(=O)N(C)C)ccc(NC(=O)c2[nH]nc3ncnc(N)c23)c1C.S. The Bertz CT molecular complexity index is 3200. The number of hydrogen-bond donors (Lipinski definition) is 7. The molecule has 3 aromatic carbocycles. The highest BCUT2D eigenvalue weighted by atomic mass is 35.5. The molecule has 24 heteroatoms. The zero-order valence-corrected chi connectivity index (χ0v) is 52.1. The van der Waals surface area contributed by atoms with Gasteiger partial charge >= 0.3 is 6.03 Å². The molecule has 85 heavy (non-hydrogen) atoms. The van der Waals surface area contributed by atoms with Crippen LogP contribution in [0.25, 0.3) is 11.0 Å². The summed E-state index contributed by atoms with van der Waals surface area (Å²) in [5, 5.41) is 27.4. The first kappa shape index (κ1) is 68.3. The van der Waals surface area contributed by atoms with E-state index in [-0.39, 0.29) is 74.8 Å². The van der Waals surface area contributed by atoms with Crippen LogP contribution in [-0.2, 0) is 49.8 Å². The van der Waals surface area contributed by atoms with Crippen molar-refractivity contribution in [3.8, 4) is 0 Å². The van der Waals surface area contributed by atoms with Gasteiger partial charge in [0.2, 0.25) is 23.6 Å². The molecule has 0 saturated carbocycles. The van der Waals surface area contributed by atoms with Crippen molar-refractivity contribution < 1.29 is 43.4 Å². The number of likely N-dealkylation sites (tertiary alicyclic amines) is 1. The van der Waals surface area contributed by atoms with E-state index in [1.54, 1.807) is 49.3 Å². The predicted molar refractivity (Wildman–Crippen MR) is 335 cm³/mol. The van der Waals surface area contributed by atoms with Crippen molar-refractivity contribution in [2.24, 2.45) is 5.92 Å². The fourth-order valence-corrected chi connectivity index (χ4v) is 9.88. The molecule has 22 nitrogen and oxygen atoms in total. The number of hydrogen-bond acceptors (Lipinski definition) is 14. The van der Waals surface area contributed by atoms with Crippen LogP contribution >= 0.6 is 25.1 Å². The fraction of sp³-hybridized carbons (Fsp3) is 0.475. The van der Waals surface area contributed by atoms with Crippen molar-refractivity contribution in [2.75, 3.05) is 76.9 Å². The smallest absolute Gasteiger partial charge is 0.319 e. The number of aromatic nitrogens is 4. The largest absolute Gasteiger partial charge is 0.396 e. The van der Waals surface area contributed by atoms with E-state index in [1.165, 1.54) is 24.1 Å². The number of anilines is 3. The molecule has 8 N–H and O–H groups in total. The molecule has 5 aromatic rings. The van der Waals surface area contributed by atoms with Gasteiger partial charge in [0, 0.05) is 87.9 Å². The maximum absolute atomic E-state index is 12.9. The van der Waals surface area contributed by atoms with Gasteiger partial charge in [0.1, 0.15) is 23.9 Å². The molecule has 0 spiro atoms. The first-order chi connectivity index (χ1) is 39.9. The van der Waals surface area contributed by atoms with Crippen LogP contribution < -0.4 is 27.0 Å². The number of fused-ring (bicyclic) bond motifs is 2. The lowest BCUT2D eigenvalue weighted by atomic mass is 9.98. The number of amides is 8. The van der Waals surface area contributed by atoms with Gasteiger partial charge in [-0.2, -0.15) is 18.6 Å². The Hall–Kier alpha value is -7.44. The molecule has 2 fully saturated rings. The normalized spacial score (nSPS) is 14.9. The zero-order chi connectivity index (χ0) is 61.3. The Balaban J connectivity index is 0.000000249. The van der Waals surface area contributed by atoms with Crippen molar-refractivity contribution in [3.05, 3.63) is 117 Å². The van der Waals surface area contributed by atoms with Gasteiger partial charge in [-0.1, -0.05) is 49.7 Å². The van der Waals surface area contributed by atoms with Gasteiger partial charge in [-0.25, -0.2) is 14.8 Å². The number of likely N-dealkylation sites (N-methyl/N-ethyl adjacent to an activating group) is 2. The van der Waals surface area contributed by atoms with Gasteiger partial charge in [-0.15, -0.1) is 0 Å². The molecule has 3 aliphatic rings. The number of nitrogens with zero attached hydrogens (tertiary/aromatic N) is 7. The molecule has 0 radical (unpaired) electrons. The van der Waals surface area contributed by atoms with Crippen LogP contribution in [-0.4, -0.2) is 159 Å². The predicted octanol–water partition coefficient (Wildman–Crippen LogP) is 7.22. The number of H-pyrrole nitrogens is 1. The summed E-state index contributed by atoms with van der Waals surface area (Å²) in [5.74, 6) is -0.271. The lowest BCUT2D eigenvalue weighted by molar-refractivity contribution is -0.137. The standard InChI is InChI=1S/C28H33ClN4O6.C18H21N7O2.C15H28N2O.H2S/c1-28(2,8-9-34)39-10-7-17-12-20(29)14-21(13-17)31-27(38)30-15-18-3-4-22-19(11-18)16-33(26(22)37)23-5-6-24(35)32-25(23)36;1-9-10(2)12(6-5-11(9)7-13(26)25(3)4)22-18(27)15-14-16(19)20-8-21-17(14)24-23-15;1-14(2)9-13-16(3)10-7-8-15(18)17-11-5-4-6-12-17;/h3-4,11-14,23,34H,5-10,15-16H2,1-2H3,(H2,30,31,38)(H,32,35,36);5-6,8H,7H2,1-4H3,(H,22,27)(H3,19,20,21,23,24);7-8,14H,4-6,9-13H2,1-3H3;1H2/b;;8-7+;. The highest BCUT2D eigenvalue weighted by Gasteiger charge is 2.39. The number of imide groups is 1. The number of nitrogen functional groups attached to an aromatic ring is 1. The topological polar surface area (TPSA) is 291 Å². The molecule has 2 aromatic heterocycles. The number of carbonyl (C=O) groups is 7. The molecule has 8 amide bonds. The second-order valence-corrected chi connectivity index (χ2v) is 23.0. The molecule has 1 unspecified atom stereocenters. The molecule has 3 aliphatic heterocycles. The third-order valence-electron chi connectivity index (χ3n) is 14.9. The summed E-state index contributed by atoms with van der Waals surface area (Å²) in [5.41, 5.74) is 12.9. The van der Waals surface area contributed by atoms with E-state index in [4.69, 9.17) is 27.2 Å². The van der Waals surface area contributed by atoms with Crippen LogP contribution in [0.1, 0.15) is 127 Å². The molecular weight excluding hydrogens is 1130 g/mol. The van der Waals surface area contributed by atoms with E-state index in [0.29, 0.717) is 65.3 Å². The van der Waals surface area contributed by atoms with Crippen LogP contribution in [0.15, 0.2) is 67.0 Å². The van der Waals surface area contributed by atoms with Crippen molar-refractivity contribution in [2.45, 2.75) is 124 Å². The average Bonchev–Trinajstić information content (AvgIpc) is 2.12. The van der Waals surface area contributed by atoms with E-state index in [1.807, 2.05) is 62.9 Å². The lowest BCUT2D eigenvalue weighted by Crippen LogP contribution is -2.52. The van der Waals surface area contributed by atoms with Crippen LogP contribution in [0.4, 0.5) is 22.0 Å². The number of carbonyl (C=O) groups excluding carboxylic acids is 7. The number of aliphatic hydroxyl groups is 1. The number of halogens is 1. The molecule has 0 bridgehead atoms. The van der Waals surface area contributed by atoms with Crippen LogP contribution in [0, 0.1) is 19.8 Å². The number of rotatable bonds is 20. The zero-order valence-electron chi connectivity index (χ0n) is 50.3. The second-order valence-electron chi connectivity index (χ2n) is 22.6. The van der Waals surface area contributed by atoms with Crippen molar-refractivity contribution in [1.82, 2.24) is 50.4 Å². The molecular formula is C61H84ClN13O9S. The Labute approximate surface area is 509 Å². The quantitative estimate of drug-likeness (QED) is 0.0299. The van der Waals surface area contributed by atoms with Gasteiger partial charge in [0.05, 0.1) is 24.0 Å². The summed E-state index contributed by atoms with van der Waals surface area (Å²) in [6, 6.07) is 13.2. The number of piperidine rings is 2. The number of nitrogens with one attached hydrogen (secondary N) is 5. The second kappa shape index (κ2) is 32.2. The number of nitrogens with two attached hydrogens (primary N) is 1. The minimum absolute atomic E-state index is 0. The first-order valence-corrected chi connectivity index (χ1v) is 28.9. The summed E-state index contributed by atoms with van der Waals surface area (Å²) < 4.78 is 5.85. The monoisotopic (exact) mass is 1210 g/mol. The van der Waals surface area contributed by atoms with Crippen LogP contribution in [0.3, 0.4) is 0 Å². The Morgan fingerprint density at radius 2 is 1.71 bits per heavy atom. The average molecular weight is 1210 g/mol. The Morgan fingerprint density at radius 1 is 0.965 bits per heavy atom. The van der Waals surface area contributed by atoms with Gasteiger partial charge < -0.3 is 51.1 Å². The highest BCUT2D eigenvalue weighted by Crippen LogP contribution is 2.29. The van der Waals surface area contributed by atoms with Crippen molar-refractivity contribution >= 4 is 94.8 Å². The molecule has 1 atom stereocenters. The van der Waals surface area contributed by atoms with Crippen LogP contribution in [0.2, 0.25) is 5.02 Å². The molecule has 460 valence electrons. The van der Waals surface area contributed by atoms with E-state index in [0.717, 1.165) is 78.3 Å². The van der Waals surface area contributed by atoms with E-state index < -0.39 is 29.5 Å². The number of benzene rings is 3. The maximum Gasteiger partial charge on any atom is 0.319 e. The minimum Gasteiger partial charge on any atom is -0.396 e. The third kappa shape index (κ3) is 20.1.